The predicted molar refractivity (Wildman–Crippen MR) is 198 cm³/mol. The van der Waals surface area contributed by atoms with E-state index in [1.165, 1.54) is 18.9 Å². The molecule has 0 spiro atoms. The van der Waals surface area contributed by atoms with Gasteiger partial charge in [-0.15, -0.1) is 11.8 Å². The minimum atomic E-state index is -0.960. The summed E-state index contributed by atoms with van der Waals surface area (Å²) in [6.45, 7) is 17.6. The highest BCUT2D eigenvalue weighted by atomic mass is 32.2. The number of hydrogen-bond acceptors (Lipinski definition) is 12. The van der Waals surface area contributed by atoms with Gasteiger partial charge in [-0.1, -0.05) is 44.2 Å². The van der Waals surface area contributed by atoms with Crippen molar-refractivity contribution in [3.05, 3.63) is 35.9 Å². The molecule has 0 heterocycles. The number of carbonyl (C=O) groups is 4. The zero-order valence-corrected chi connectivity index (χ0v) is 34.2. The van der Waals surface area contributed by atoms with Crippen LogP contribution < -0.4 is 0 Å². The Morgan fingerprint density at radius 3 is 1.86 bits per heavy atom. The molecule has 1 N–H and O–H groups in total. The van der Waals surface area contributed by atoms with E-state index in [2.05, 4.69) is 21.1 Å². The van der Waals surface area contributed by atoms with Crippen molar-refractivity contribution >= 4 is 35.6 Å². The number of aliphatic hydroxyl groups is 1. The Bertz CT molecular complexity index is 1200. The zero-order chi connectivity index (χ0) is 39.5. The Labute approximate surface area is 310 Å². The highest BCUT2D eigenvalue weighted by Crippen LogP contribution is 2.38. The summed E-state index contributed by atoms with van der Waals surface area (Å²) >= 11 is 1.37. The van der Waals surface area contributed by atoms with E-state index in [4.69, 9.17) is 28.7 Å². The van der Waals surface area contributed by atoms with Crippen molar-refractivity contribution in [2.45, 2.75) is 94.3 Å². The van der Waals surface area contributed by atoms with E-state index >= 15 is 0 Å². The highest BCUT2D eigenvalue weighted by molar-refractivity contribution is 7.99. The summed E-state index contributed by atoms with van der Waals surface area (Å²) in [5.41, 5.74) is -1.73. The molecule has 1 rings (SSSR count). The number of thioether (sulfide) groups is 1. The number of nitrogens with zero attached hydrogens (tertiary/aromatic N) is 1. The number of likely N-dealkylation sites (N-methyl/N-ethyl adjacent to an activating group) is 1. The fraction of sp³-hybridized carbons (Fsp3) is 0.737. The molecular formula is C38H66NO11S+. The number of hydrogen-bond donors (Lipinski definition) is 1. The fourth-order valence-corrected chi connectivity index (χ4v) is 5.13. The van der Waals surface area contributed by atoms with Crippen LogP contribution in [-0.2, 0) is 54.5 Å². The molecule has 0 aromatic heterocycles. The van der Waals surface area contributed by atoms with Gasteiger partial charge in [0.2, 0.25) is 0 Å². The lowest BCUT2D eigenvalue weighted by atomic mass is 9.72. The molecular weight excluding hydrogens is 678 g/mol. The van der Waals surface area contributed by atoms with Crippen LogP contribution in [0.3, 0.4) is 0 Å². The Hall–Kier alpha value is -2.71. The summed E-state index contributed by atoms with van der Waals surface area (Å²) < 4.78 is 21.5. The van der Waals surface area contributed by atoms with Gasteiger partial charge in [-0.25, -0.2) is 9.78 Å². The van der Waals surface area contributed by atoms with Crippen LogP contribution in [-0.4, -0.2) is 106 Å². The van der Waals surface area contributed by atoms with Crippen molar-refractivity contribution in [1.29, 1.82) is 0 Å². The van der Waals surface area contributed by atoms with Crippen molar-refractivity contribution in [1.82, 2.24) is 0 Å². The van der Waals surface area contributed by atoms with Gasteiger partial charge in [0.05, 0.1) is 49.9 Å². The maximum Gasteiger partial charge on any atom is 0.312 e. The smallest absolute Gasteiger partial charge is 0.312 e. The molecule has 0 aliphatic heterocycles. The molecule has 13 heteroatoms. The molecule has 0 radical (unpaired) electrons. The topological polar surface area (TPSA) is 144 Å². The zero-order valence-electron chi connectivity index (χ0n) is 33.4. The third-order valence-corrected chi connectivity index (χ3v) is 9.57. The fourth-order valence-electron chi connectivity index (χ4n) is 4.28. The van der Waals surface area contributed by atoms with Crippen molar-refractivity contribution in [2.75, 3.05) is 66.3 Å². The van der Waals surface area contributed by atoms with E-state index in [1.807, 2.05) is 65.0 Å². The monoisotopic (exact) mass is 744 g/mol. The number of rotatable bonds is 22. The van der Waals surface area contributed by atoms with Crippen LogP contribution in [0.4, 0.5) is 0 Å². The molecule has 51 heavy (non-hydrogen) atoms. The second-order valence-corrected chi connectivity index (χ2v) is 16.9. The van der Waals surface area contributed by atoms with Crippen LogP contribution >= 0.6 is 11.8 Å². The van der Waals surface area contributed by atoms with Crippen LogP contribution in [0, 0.1) is 21.7 Å². The number of carbonyl (C=O) groups excluding carboxylic acids is 4. The number of methoxy groups -OCH3 is 1. The van der Waals surface area contributed by atoms with Gasteiger partial charge in [-0.2, -0.15) is 0 Å². The molecule has 2 unspecified atom stereocenters. The summed E-state index contributed by atoms with van der Waals surface area (Å²) in [6.07, 6.45) is 0.669. The van der Waals surface area contributed by atoms with Gasteiger partial charge in [-0.3, -0.25) is 19.2 Å². The van der Waals surface area contributed by atoms with E-state index in [0.29, 0.717) is 31.6 Å². The van der Waals surface area contributed by atoms with E-state index in [-0.39, 0.29) is 49.6 Å². The maximum atomic E-state index is 12.7. The standard InChI is InChI=1S/C22H36NO4.C16H30O7S/c1-8-22(4,20(25)27-16-18-12-10-9-11-13-18)17-21(2,3)19(24)26-15-14-23(5,6)7;1-7-15(2,3)14(19)21-8-12(17)9-22-23-11-24-10-16(4,5)13(18)20-6/h9-13H,8,14-17H2,1-7H3;12,17H,7-11H2,1-6H3/q+1;. The van der Waals surface area contributed by atoms with E-state index in [1.54, 1.807) is 27.7 Å². The Morgan fingerprint density at radius 2 is 1.33 bits per heavy atom. The number of ether oxygens (including phenoxy) is 4. The first kappa shape index (κ1) is 48.3. The SMILES string of the molecule is CCC(C)(C)C(=O)OCC(O)COOCSCC(C)(C)C(=O)OC.CCC(C)(CC(C)(C)C(=O)OCC[N+](C)(C)C)C(=O)OCc1ccccc1. The van der Waals surface area contributed by atoms with Gasteiger partial charge in [0.25, 0.3) is 0 Å². The summed E-state index contributed by atoms with van der Waals surface area (Å²) in [5.74, 6) is -0.480. The lowest BCUT2D eigenvalue weighted by molar-refractivity contribution is -0.870. The largest absolute Gasteiger partial charge is 0.469 e. The molecule has 12 nitrogen and oxygen atoms in total. The van der Waals surface area contributed by atoms with Crippen molar-refractivity contribution in [2.24, 2.45) is 21.7 Å². The van der Waals surface area contributed by atoms with Crippen molar-refractivity contribution in [3.63, 3.8) is 0 Å². The molecule has 1 aromatic carbocycles. The van der Waals surface area contributed by atoms with Gasteiger partial charge < -0.3 is 28.5 Å². The number of quaternary nitrogens is 1. The third kappa shape index (κ3) is 19.6. The highest BCUT2D eigenvalue weighted by Gasteiger charge is 2.43. The van der Waals surface area contributed by atoms with Crippen LogP contribution in [0.5, 0.6) is 0 Å². The van der Waals surface area contributed by atoms with E-state index < -0.39 is 27.8 Å². The third-order valence-electron chi connectivity index (χ3n) is 8.39. The van der Waals surface area contributed by atoms with Crippen molar-refractivity contribution in [3.8, 4) is 0 Å². The Balaban J connectivity index is 0.000000988. The first-order valence-corrected chi connectivity index (χ1v) is 18.6. The van der Waals surface area contributed by atoms with Crippen molar-refractivity contribution < 1.29 is 57.5 Å². The molecule has 1 aromatic rings. The van der Waals surface area contributed by atoms with Gasteiger partial charge >= 0.3 is 23.9 Å². The Kier molecular flexibility index (Phi) is 21.2. The average Bonchev–Trinajstić information content (AvgIpc) is 3.06. The summed E-state index contributed by atoms with van der Waals surface area (Å²) in [6, 6.07) is 9.60. The quantitative estimate of drug-likeness (QED) is 0.0284. The second-order valence-electron chi connectivity index (χ2n) is 15.9. The van der Waals surface area contributed by atoms with Crippen LogP contribution in [0.25, 0.3) is 0 Å². The predicted octanol–water partition coefficient (Wildman–Crippen LogP) is 5.98. The lowest BCUT2D eigenvalue weighted by Crippen LogP contribution is -2.41. The molecule has 0 aliphatic rings. The van der Waals surface area contributed by atoms with Gasteiger partial charge in [-0.05, 0) is 73.3 Å². The van der Waals surface area contributed by atoms with E-state index in [0.717, 1.165) is 16.6 Å². The van der Waals surface area contributed by atoms with Gasteiger partial charge in [0.15, 0.2) is 0 Å². The minimum absolute atomic E-state index is 0.110. The molecule has 0 fully saturated rings. The number of aliphatic hydroxyl groups excluding tert-OH is 1. The number of benzene rings is 1. The van der Waals surface area contributed by atoms with Gasteiger partial charge in [0, 0.05) is 5.75 Å². The molecule has 0 saturated carbocycles. The number of esters is 4. The molecule has 294 valence electrons. The molecule has 0 saturated heterocycles. The summed E-state index contributed by atoms with van der Waals surface area (Å²) in [4.78, 5) is 58.3. The van der Waals surface area contributed by atoms with E-state index in [9.17, 15) is 24.3 Å². The molecule has 0 bridgehead atoms. The average molecular weight is 745 g/mol. The normalized spacial score (nSPS) is 13.9. The van der Waals surface area contributed by atoms with Crippen LogP contribution in [0.15, 0.2) is 30.3 Å². The second kappa shape index (κ2) is 22.4. The van der Waals surface area contributed by atoms with Crippen LogP contribution in [0.1, 0.15) is 87.1 Å². The van der Waals surface area contributed by atoms with Crippen LogP contribution in [0.2, 0.25) is 0 Å². The summed E-state index contributed by atoms with van der Waals surface area (Å²) in [7, 11) is 7.51. The Morgan fingerprint density at radius 1 is 0.745 bits per heavy atom. The minimum Gasteiger partial charge on any atom is -0.469 e. The summed E-state index contributed by atoms with van der Waals surface area (Å²) in [5, 5.41) is 9.68. The first-order chi connectivity index (χ1) is 23.5. The first-order valence-electron chi connectivity index (χ1n) is 17.4. The molecule has 0 amide bonds. The maximum absolute atomic E-state index is 12.7. The molecule has 2 atom stereocenters. The lowest BCUT2D eigenvalue weighted by Gasteiger charge is -2.34. The molecule has 0 aliphatic carbocycles. The van der Waals surface area contributed by atoms with Gasteiger partial charge in [0.1, 0.15) is 45.0 Å².